The van der Waals surface area contributed by atoms with E-state index >= 15 is 0 Å². The van der Waals surface area contributed by atoms with Crippen molar-refractivity contribution in [3.8, 4) is 0 Å². The standard InChI is InChI=1S/C17H12Cl2N2O3S/c18-9-4-8(5-10(19)6-9)17(23)24-7-13-20-15(22)14-11-2-1-3-12(11)25-16(14)21-13/h4-6H,1-3,7H2,(H,20,21,22). The molecule has 8 heteroatoms. The molecule has 2 aromatic heterocycles. The minimum Gasteiger partial charge on any atom is -0.454 e. The van der Waals surface area contributed by atoms with Gasteiger partial charge in [-0.1, -0.05) is 23.2 Å². The molecule has 0 atom stereocenters. The summed E-state index contributed by atoms with van der Waals surface area (Å²) in [6.07, 6.45) is 3.00. The number of benzene rings is 1. The number of fused-ring (bicyclic) bond motifs is 3. The minimum atomic E-state index is -0.583. The van der Waals surface area contributed by atoms with Crippen molar-refractivity contribution in [1.29, 1.82) is 0 Å². The van der Waals surface area contributed by atoms with Crippen LogP contribution in [0, 0.1) is 0 Å². The molecule has 0 aliphatic heterocycles. The summed E-state index contributed by atoms with van der Waals surface area (Å²) in [5.74, 6) is -0.264. The van der Waals surface area contributed by atoms with Crippen molar-refractivity contribution in [2.24, 2.45) is 0 Å². The molecule has 0 saturated carbocycles. The largest absolute Gasteiger partial charge is 0.454 e. The van der Waals surface area contributed by atoms with Gasteiger partial charge in [-0.05, 0) is 43.0 Å². The van der Waals surface area contributed by atoms with Gasteiger partial charge in [-0.3, -0.25) is 4.79 Å². The number of nitrogens with one attached hydrogen (secondary N) is 1. The molecule has 0 radical (unpaired) electrons. The Hall–Kier alpha value is -1.89. The Bertz CT molecular complexity index is 1040. The van der Waals surface area contributed by atoms with Gasteiger partial charge in [0.1, 0.15) is 17.3 Å². The molecule has 1 aliphatic carbocycles. The molecule has 0 bridgehead atoms. The predicted octanol–water partition coefficient (Wildman–Crippen LogP) is 4.14. The van der Waals surface area contributed by atoms with E-state index in [-0.39, 0.29) is 17.7 Å². The highest BCUT2D eigenvalue weighted by molar-refractivity contribution is 7.18. The van der Waals surface area contributed by atoms with Crippen LogP contribution in [0.4, 0.5) is 0 Å². The summed E-state index contributed by atoms with van der Waals surface area (Å²) in [5, 5.41) is 1.37. The number of aromatic nitrogens is 2. The van der Waals surface area contributed by atoms with Crippen molar-refractivity contribution in [2.45, 2.75) is 25.9 Å². The van der Waals surface area contributed by atoms with E-state index in [9.17, 15) is 9.59 Å². The van der Waals surface area contributed by atoms with Crippen LogP contribution in [0.15, 0.2) is 23.0 Å². The maximum Gasteiger partial charge on any atom is 0.338 e. The first kappa shape index (κ1) is 16.6. The molecule has 1 aliphatic rings. The van der Waals surface area contributed by atoms with E-state index < -0.39 is 5.97 Å². The SMILES string of the molecule is O=C(OCc1nc2sc3c(c2c(=O)[nH]1)CCC3)c1cc(Cl)cc(Cl)c1. The molecule has 1 N–H and O–H groups in total. The summed E-state index contributed by atoms with van der Waals surface area (Å²) in [6, 6.07) is 4.47. The third-order valence-corrected chi connectivity index (χ3v) is 5.68. The molecule has 0 fully saturated rings. The number of aryl methyl sites for hydroxylation is 2. The van der Waals surface area contributed by atoms with Gasteiger partial charge in [0.15, 0.2) is 0 Å². The Morgan fingerprint density at radius 1 is 1.24 bits per heavy atom. The molecule has 0 amide bonds. The van der Waals surface area contributed by atoms with Crippen LogP contribution in [0.25, 0.3) is 10.2 Å². The van der Waals surface area contributed by atoms with Crippen LogP contribution >= 0.6 is 34.5 Å². The Morgan fingerprint density at radius 2 is 2.00 bits per heavy atom. The molecule has 0 spiro atoms. The topological polar surface area (TPSA) is 72.0 Å². The zero-order chi connectivity index (χ0) is 17.6. The van der Waals surface area contributed by atoms with Crippen molar-refractivity contribution < 1.29 is 9.53 Å². The monoisotopic (exact) mass is 394 g/mol. The van der Waals surface area contributed by atoms with Gasteiger partial charge in [0, 0.05) is 14.9 Å². The fourth-order valence-corrected chi connectivity index (χ4v) is 4.81. The number of hydrogen-bond donors (Lipinski definition) is 1. The average Bonchev–Trinajstić information content (AvgIpc) is 3.11. The molecule has 5 nitrogen and oxygen atoms in total. The molecule has 0 unspecified atom stereocenters. The van der Waals surface area contributed by atoms with Crippen LogP contribution in [0.5, 0.6) is 0 Å². The van der Waals surface area contributed by atoms with Gasteiger partial charge >= 0.3 is 5.97 Å². The van der Waals surface area contributed by atoms with E-state index in [1.54, 1.807) is 11.3 Å². The normalized spacial score (nSPS) is 13.2. The lowest BCUT2D eigenvalue weighted by molar-refractivity contribution is 0.0462. The van der Waals surface area contributed by atoms with E-state index in [0.717, 1.165) is 24.8 Å². The fourth-order valence-electron chi connectivity index (χ4n) is 3.00. The lowest BCUT2D eigenvalue weighted by atomic mass is 10.2. The number of ether oxygens (including phenoxy) is 1. The van der Waals surface area contributed by atoms with E-state index in [2.05, 4.69) is 9.97 Å². The van der Waals surface area contributed by atoms with Crippen molar-refractivity contribution in [2.75, 3.05) is 0 Å². The van der Waals surface area contributed by atoms with Crippen molar-refractivity contribution in [3.05, 3.63) is 60.4 Å². The van der Waals surface area contributed by atoms with Crippen molar-refractivity contribution >= 4 is 50.7 Å². The second-order valence-corrected chi connectivity index (χ2v) is 7.74. The summed E-state index contributed by atoms with van der Waals surface area (Å²) < 4.78 is 5.22. The summed E-state index contributed by atoms with van der Waals surface area (Å²) in [6.45, 7) is -0.128. The summed E-state index contributed by atoms with van der Waals surface area (Å²) >= 11 is 13.3. The Balaban J connectivity index is 1.57. The first-order valence-corrected chi connectivity index (χ1v) is 9.25. The zero-order valence-corrected chi connectivity index (χ0v) is 15.2. The molecule has 25 heavy (non-hydrogen) atoms. The number of halogens is 2. The average molecular weight is 395 g/mol. The number of aromatic amines is 1. The number of esters is 1. The lowest BCUT2D eigenvalue weighted by Crippen LogP contribution is -2.14. The van der Waals surface area contributed by atoms with Crippen LogP contribution in [0.3, 0.4) is 0 Å². The Kier molecular flexibility index (Phi) is 4.27. The Morgan fingerprint density at radius 3 is 2.76 bits per heavy atom. The maximum absolute atomic E-state index is 12.4. The third kappa shape index (κ3) is 3.17. The van der Waals surface area contributed by atoms with Gasteiger partial charge in [-0.2, -0.15) is 0 Å². The van der Waals surface area contributed by atoms with Crippen LogP contribution in [0.2, 0.25) is 10.0 Å². The fraction of sp³-hybridized carbons (Fsp3) is 0.235. The third-order valence-electron chi connectivity index (χ3n) is 4.06. The molecule has 128 valence electrons. The first-order valence-electron chi connectivity index (χ1n) is 7.68. The smallest absolute Gasteiger partial charge is 0.338 e. The van der Waals surface area contributed by atoms with Crippen molar-refractivity contribution in [3.63, 3.8) is 0 Å². The van der Waals surface area contributed by atoms with Gasteiger partial charge in [0.05, 0.1) is 10.9 Å². The van der Waals surface area contributed by atoms with Gasteiger partial charge in [0.2, 0.25) is 0 Å². The molecule has 2 heterocycles. The maximum atomic E-state index is 12.4. The van der Waals surface area contributed by atoms with E-state index in [1.165, 1.54) is 23.1 Å². The highest BCUT2D eigenvalue weighted by Gasteiger charge is 2.21. The lowest BCUT2D eigenvalue weighted by Gasteiger charge is -2.05. The molecule has 4 rings (SSSR count). The highest BCUT2D eigenvalue weighted by atomic mass is 35.5. The minimum absolute atomic E-state index is 0.128. The molecular weight excluding hydrogens is 383 g/mol. The number of H-pyrrole nitrogens is 1. The van der Waals surface area contributed by atoms with E-state index in [1.807, 2.05) is 0 Å². The van der Waals surface area contributed by atoms with E-state index in [0.29, 0.717) is 26.1 Å². The quantitative estimate of drug-likeness (QED) is 0.677. The number of thiophene rings is 1. The van der Waals surface area contributed by atoms with Crippen molar-refractivity contribution in [1.82, 2.24) is 9.97 Å². The zero-order valence-electron chi connectivity index (χ0n) is 12.9. The number of carbonyl (C=O) groups excluding carboxylic acids is 1. The molecule has 3 aromatic rings. The second kappa shape index (κ2) is 6.44. The van der Waals surface area contributed by atoms with Crippen LogP contribution in [-0.4, -0.2) is 15.9 Å². The van der Waals surface area contributed by atoms with Crippen LogP contribution in [0.1, 0.15) is 33.0 Å². The summed E-state index contributed by atoms with van der Waals surface area (Å²) in [4.78, 5) is 33.6. The number of rotatable bonds is 3. The Labute approximate surface area is 156 Å². The highest BCUT2D eigenvalue weighted by Crippen LogP contribution is 2.34. The number of nitrogens with zero attached hydrogens (tertiary/aromatic N) is 1. The number of carbonyl (C=O) groups is 1. The van der Waals surface area contributed by atoms with Gasteiger partial charge in [-0.15, -0.1) is 11.3 Å². The summed E-state index contributed by atoms with van der Waals surface area (Å²) in [5.41, 5.74) is 1.18. The molecule has 1 aromatic carbocycles. The predicted molar refractivity (Wildman–Crippen MR) is 97.8 cm³/mol. The first-order chi connectivity index (χ1) is 12.0. The molecular formula is C17H12Cl2N2O3S. The van der Waals surface area contributed by atoms with Gasteiger partial charge in [0.25, 0.3) is 5.56 Å². The number of hydrogen-bond acceptors (Lipinski definition) is 5. The molecule has 0 saturated heterocycles. The second-order valence-electron chi connectivity index (χ2n) is 5.78. The van der Waals surface area contributed by atoms with Gasteiger partial charge in [-0.25, -0.2) is 9.78 Å². The van der Waals surface area contributed by atoms with Crippen LogP contribution < -0.4 is 5.56 Å². The van der Waals surface area contributed by atoms with Gasteiger partial charge < -0.3 is 9.72 Å². The summed E-state index contributed by atoms with van der Waals surface area (Å²) in [7, 11) is 0. The van der Waals surface area contributed by atoms with E-state index in [4.69, 9.17) is 27.9 Å². The van der Waals surface area contributed by atoms with Crippen LogP contribution in [-0.2, 0) is 24.2 Å².